The molecule has 0 saturated heterocycles. The number of nitrogens with one attached hydrogen (secondary N) is 1. The Morgan fingerprint density at radius 3 is 2.43 bits per heavy atom. The predicted octanol–water partition coefficient (Wildman–Crippen LogP) is 2.81. The summed E-state index contributed by atoms with van der Waals surface area (Å²) in [5.74, 6) is 0. The SMILES string of the molecule is CC[C@@H](C)Nc1ccc([N+](=O)[O-])cc1. The van der Waals surface area contributed by atoms with E-state index in [2.05, 4.69) is 19.2 Å². The second-order valence-corrected chi connectivity index (χ2v) is 3.26. The quantitative estimate of drug-likeness (QED) is 0.592. The van der Waals surface area contributed by atoms with Crippen LogP contribution in [0, 0.1) is 10.1 Å². The molecule has 0 radical (unpaired) electrons. The number of anilines is 1. The Morgan fingerprint density at radius 2 is 2.00 bits per heavy atom. The Morgan fingerprint density at radius 1 is 1.43 bits per heavy atom. The van der Waals surface area contributed by atoms with Gasteiger partial charge < -0.3 is 5.32 Å². The van der Waals surface area contributed by atoms with Gasteiger partial charge in [-0.3, -0.25) is 10.1 Å². The molecule has 1 aromatic carbocycles. The van der Waals surface area contributed by atoms with Crippen molar-refractivity contribution in [3.8, 4) is 0 Å². The highest BCUT2D eigenvalue weighted by Crippen LogP contribution is 2.16. The van der Waals surface area contributed by atoms with Crippen molar-refractivity contribution in [1.29, 1.82) is 0 Å². The standard InChI is InChI=1S/C10H14N2O2/c1-3-8(2)11-9-4-6-10(7-5-9)12(13)14/h4-8,11H,3H2,1-2H3/t8-/m1/s1. The van der Waals surface area contributed by atoms with Gasteiger partial charge in [0.05, 0.1) is 4.92 Å². The summed E-state index contributed by atoms with van der Waals surface area (Å²) < 4.78 is 0. The molecule has 0 amide bonds. The summed E-state index contributed by atoms with van der Waals surface area (Å²) in [6.07, 6.45) is 1.02. The molecular formula is C10H14N2O2. The van der Waals surface area contributed by atoms with Gasteiger partial charge in [-0.1, -0.05) is 6.92 Å². The lowest BCUT2D eigenvalue weighted by Crippen LogP contribution is -2.13. The monoisotopic (exact) mass is 194 g/mol. The van der Waals surface area contributed by atoms with E-state index in [0.717, 1.165) is 12.1 Å². The van der Waals surface area contributed by atoms with Gasteiger partial charge in [0.15, 0.2) is 0 Å². The molecule has 4 nitrogen and oxygen atoms in total. The van der Waals surface area contributed by atoms with Crippen molar-refractivity contribution in [3.63, 3.8) is 0 Å². The Labute approximate surface area is 83.1 Å². The van der Waals surface area contributed by atoms with Gasteiger partial charge in [-0.25, -0.2) is 0 Å². The van der Waals surface area contributed by atoms with Crippen LogP contribution in [0.1, 0.15) is 20.3 Å². The molecule has 0 heterocycles. The van der Waals surface area contributed by atoms with Crippen LogP contribution in [0.5, 0.6) is 0 Å². The number of hydrogen-bond donors (Lipinski definition) is 1. The van der Waals surface area contributed by atoms with Crippen molar-refractivity contribution in [1.82, 2.24) is 0 Å². The molecule has 14 heavy (non-hydrogen) atoms. The molecule has 0 bridgehead atoms. The molecule has 0 unspecified atom stereocenters. The van der Waals surface area contributed by atoms with E-state index in [1.807, 2.05) is 0 Å². The largest absolute Gasteiger partial charge is 0.383 e. The molecule has 0 spiro atoms. The number of hydrogen-bond acceptors (Lipinski definition) is 3. The Kier molecular flexibility index (Phi) is 3.45. The van der Waals surface area contributed by atoms with E-state index >= 15 is 0 Å². The van der Waals surface area contributed by atoms with Gasteiger partial charge in [0.2, 0.25) is 0 Å². The van der Waals surface area contributed by atoms with Crippen LogP contribution >= 0.6 is 0 Å². The fourth-order valence-corrected chi connectivity index (χ4v) is 1.07. The maximum atomic E-state index is 10.4. The van der Waals surface area contributed by atoms with Gasteiger partial charge >= 0.3 is 0 Å². The molecule has 76 valence electrons. The highest BCUT2D eigenvalue weighted by molar-refractivity contribution is 5.48. The summed E-state index contributed by atoms with van der Waals surface area (Å²) >= 11 is 0. The van der Waals surface area contributed by atoms with Crippen molar-refractivity contribution >= 4 is 11.4 Å². The lowest BCUT2D eigenvalue weighted by atomic mass is 10.2. The third-order valence-corrected chi connectivity index (χ3v) is 2.10. The zero-order valence-corrected chi connectivity index (χ0v) is 8.36. The van der Waals surface area contributed by atoms with E-state index in [1.165, 1.54) is 12.1 Å². The Hall–Kier alpha value is -1.58. The summed E-state index contributed by atoms with van der Waals surface area (Å²) in [5, 5.41) is 13.6. The van der Waals surface area contributed by atoms with Crippen LogP contribution in [-0.4, -0.2) is 11.0 Å². The van der Waals surface area contributed by atoms with E-state index in [-0.39, 0.29) is 5.69 Å². The zero-order valence-electron chi connectivity index (χ0n) is 8.36. The smallest absolute Gasteiger partial charge is 0.269 e. The number of benzene rings is 1. The van der Waals surface area contributed by atoms with Crippen molar-refractivity contribution < 1.29 is 4.92 Å². The lowest BCUT2D eigenvalue weighted by molar-refractivity contribution is -0.384. The van der Waals surface area contributed by atoms with E-state index in [0.29, 0.717) is 6.04 Å². The maximum Gasteiger partial charge on any atom is 0.269 e. The molecule has 1 atom stereocenters. The average molecular weight is 194 g/mol. The number of nitrogens with zero attached hydrogens (tertiary/aromatic N) is 1. The van der Waals surface area contributed by atoms with Crippen LogP contribution in [0.3, 0.4) is 0 Å². The number of nitro benzene ring substituents is 1. The summed E-state index contributed by atoms with van der Waals surface area (Å²) in [7, 11) is 0. The first-order chi connectivity index (χ1) is 6.63. The van der Waals surface area contributed by atoms with Crippen molar-refractivity contribution in [2.75, 3.05) is 5.32 Å². The van der Waals surface area contributed by atoms with E-state index in [1.54, 1.807) is 12.1 Å². The van der Waals surface area contributed by atoms with Gasteiger partial charge in [-0.15, -0.1) is 0 Å². The van der Waals surface area contributed by atoms with Crippen LogP contribution < -0.4 is 5.32 Å². The number of nitro groups is 1. The van der Waals surface area contributed by atoms with E-state index < -0.39 is 4.92 Å². The first-order valence-corrected chi connectivity index (χ1v) is 4.64. The molecule has 0 aromatic heterocycles. The molecule has 1 N–H and O–H groups in total. The van der Waals surface area contributed by atoms with Gasteiger partial charge in [0.25, 0.3) is 5.69 Å². The first-order valence-electron chi connectivity index (χ1n) is 4.64. The number of non-ortho nitro benzene ring substituents is 1. The van der Waals surface area contributed by atoms with Gasteiger partial charge in [0.1, 0.15) is 0 Å². The predicted molar refractivity (Wildman–Crippen MR) is 56.5 cm³/mol. The molecular weight excluding hydrogens is 180 g/mol. The van der Waals surface area contributed by atoms with Crippen molar-refractivity contribution in [3.05, 3.63) is 34.4 Å². The minimum absolute atomic E-state index is 0.125. The highest BCUT2D eigenvalue weighted by atomic mass is 16.6. The maximum absolute atomic E-state index is 10.4. The lowest BCUT2D eigenvalue weighted by Gasteiger charge is -2.12. The first kappa shape index (κ1) is 10.5. The van der Waals surface area contributed by atoms with Crippen LogP contribution in [0.25, 0.3) is 0 Å². The Bertz CT molecular complexity index is 308. The van der Waals surface area contributed by atoms with E-state index in [9.17, 15) is 10.1 Å². The second kappa shape index (κ2) is 4.60. The van der Waals surface area contributed by atoms with Gasteiger partial charge in [0, 0.05) is 23.9 Å². The molecule has 1 rings (SSSR count). The van der Waals surface area contributed by atoms with Crippen LogP contribution in [0.15, 0.2) is 24.3 Å². The zero-order chi connectivity index (χ0) is 10.6. The summed E-state index contributed by atoms with van der Waals surface area (Å²) in [5.41, 5.74) is 1.05. The van der Waals surface area contributed by atoms with Gasteiger partial charge in [-0.05, 0) is 25.5 Å². The molecule has 0 aliphatic carbocycles. The molecule has 1 aromatic rings. The fourth-order valence-electron chi connectivity index (χ4n) is 1.07. The highest BCUT2D eigenvalue weighted by Gasteiger charge is 2.04. The summed E-state index contributed by atoms with van der Waals surface area (Å²) in [6, 6.07) is 6.85. The fraction of sp³-hybridized carbons (Fsp3) is 0.400. The van der Waals surface area contributed by atoms with Crippen molar-refractivity contribution in [2.24, 2.45) is 0 Å². The molecule has 4 heteroatoms. The third-order valence-electron chi connectivity index (χ3n) is 2.10. The molecule has 0 fully saturated rings. The Balaban J connectivity index is 2.68. The minimum atomic E-state index is -0.396. The molecule has 0 aliphatic rings. The molecule has 0 aliphatic heterocycles. The van der Waals surface area contributed by atoms with Gasteiger partial charge in [-0.2, -0.15) is 0 Å². The average Bonchev–Trinajstić information content (AvgIpc) is 2.18. The summed E-state index contributed by atoms with van der Waals surface area (Å²) in [4.78, 5) is 9.98. The van der Waals surface area contributed by atoms with Crippen molar-refractivity contribution in [2.45, 2.75) is 26.3 Å². The minimum Gasteiger partial charge on any atom is -0.383 e. The topological polar surface area (TPSA) is 55.2 Å². The number of rotatable bonds is 4. The normalized spacial score (nSPS) is 12.1. The van der Waals surface area contributed by atoms with Crippen LogP contribution in [0.2, 0.25) is 0 Å². The van der Waals surface area contributed by atoms with Crippen LogP contribution in [-0.2, 0) is 0 Å². The molecule has 0 saturated carbocycles. The van der Waals surface area contributed by atoms with E-state index in [4.69, 9.17) is 0 Å². The van der Waals surface area contributed by atoms with Crippen LogP contribution in [0.4, 0.5) is 11.4 Å². The third kappa shape index (κ3) is 2.73. The second-order valence-electron chi connectivity index (χ2n) is 3.26. The summed E-state index contributed by atoms with van der Waals surface area (Å²) in [6.45, 7) is 4.16.